The lowest BCUT2D eigenvalue weighted by Crippen LogP contribution is -2.35. The van der Waals surface area contributed by atoms with Crippen molar-refractivity contribution < 1.29 is 4.79 Å². The van der Waals surface area contributed by atoms with E-state index in [0.717, 1.165) is 17.5 Å². The number of carbonyl (C=O) groups is 1. The Balaban J connectivity index is 1.56. The van der Waals surface area contributed by atoms with Gasteiger partial charge in [-0.25, -0.2) is 0 Å². The molecule has 0 unspecified atom stereocenters. The lowest BCUT2D eigenvalue weighted by atomic mass is 9.68. The summed E-state index contributed by atoms with van der Waals surface area (Å²) in [6, 6.07) is 16.8. The Morgan fingerprint density at radius 1 is 1.15 bits per heavy atom. The highest BCUT2D eigenvalue weighted by Crippen LogP contribution is 2.63. The van der Waals surface area contributed by atoms with Gasteiger partial charge in [-0.2, -0.15) is 5.26 Å². The first-order valence-electron chi connectivity index (χ1n) is 9.82. The van der Waals surface area contributed by atoms with Crippen molar-refractivity contribution >= 4 is 17.3 Å². The molecule has 0 aromatic heterocycles. The van der Waals surface area contributed by atoms with Gasteiger partial charge in [0, 0.05) is 18.3 Å². The summed E-state index contributed by atoms with van der Waals surface area (Å²) in [5.41, 5.74) is 5.42. The lowest BCUT2D eigenvalue weighted by Gasteiger charge is -2.43. The van der Waals surface area contributed by atoms with Crippen LogP contribution in [0.15, 0.2) is 42.5 Å². The maximum Gasteiger partial charge on any atom is 0.221 e. The Hall–Kier alpha value is -2.80. The molecule has 4 nitrogen and oxygen atoms in total. The van der Waals surface area contributed by atoms with Crippen molar-refractivity contribution in [2.45, 2.75) is 38.1 Å². The number of benzene rings is 2. The molecule has 27 heavy (non-hydrogen) atoms. The molecule has 2 saturated carbocycles. The highest BCUT2D eigenvalue weighted by molar-refractivity contribution is 5.89. The third-order valence-electron chi connectivity index (χ3n) is 6.81. The van der Waals surface area contributed by atoms with Crippen LogP contribution in [0.5, 0.6) is 0 Å². The molecular formula is C23H23N3O. The zero-order valence-electron chi connectivity index (χ0n) is 15.4. The van der Waals surface area contributed by atoms with Gasteiger partial charge in [-0.1, -0.05) is 12.1 Å². The summed E-state index contributed by atoms with van der Waals surface area (Å²) < 4.78 is 0. The summed E-state index contributed by atoms with van der Waals surface area (Å²) in [4.78, 5) is 11.5. The Morgan fingerprint density at radius 3 is 2.67 bits per heavy atom. The number of nitrogens with zero attached hydrogens (tertiary/aromatic N) is 1. The number of amides is 1. The molecule has 0 saturated heterocycles. The molecule has 5 rings (SSSR count). The van der Waals surface area contributed by atoms with Gasteiger partial charge in [0.25, 0.3) is 0 Å². The van der Waals surface area contributed by atoms with Crippen LogP contribution in [-0.2, 0) is 4.79 Å². The number of nitrogens with one attached hydrogen (secondary N) is 2. The standard InChI is InChI=1S/C23H23N3O/c1-13(27)25-18-8-9-20-19(11-18)21-16-6-7-17(10-16)22(21)23(26-20)15-4-2-14(12-24)3-5-15/h2-5,8-9,11,16-17,21-23,26H,6-7,10H2,1H3,(H,25,27)/t16-,17-,21+,22-,23-/m0/s1. The second-order valence-corrected chi connectivity index (χ2v) is 8.28. The van der Waals surface area contributed by atoms with Crippen molar-refractivity contribution in [1.82, 2.24) is 0 Å². The molecule has 2 aromatic carbocycles. The van der Waals surface area contributed by atoms with Crippen molar-refractivity contribution in [3.8, 4) is 6.07 Å². The zero-order valence-corrected chi connectivity index (χ0v) is 15.4. The van der Waals surface area contributed by atoms with E-state index in [0.29, 0.717) is 17.4 Å². The van der Waals surface area contributed by atoms with Crippen molar-refractivity contribution in [2.75, 3.05) is 10.6 Å². The van der Waals surface area contributed by atoms with Crippen LogP contribution in [0.1, 0.15) is 54.8 Å². The molecule has 1 aliphatic heterocycles. The molecule has 0 spiro atoms. The third-order valence-corrected chi connectivity index (χ3v) is 6.81. The maximum absolute atomic E-state index is 11.5. The van der Waals surface area contributed by atoms with E-state index in [9.17, 15) is 4.79 Å². The summed E-state index contributed by atoms with van der Waals surface area (Å²) >= 11 is 0. The Bertz CT molecular complexity index is 943. The van der Waals surface area contributed by atoms with Crippen LogP contribution in [0.2, 0.25) is 0 Å². The number of hydrogen-bond donors (Lipinski definition) is 2. The monoisotopic (exact) mass is 357 g/mol. The average Bonchev–Trinajstić information content (AvgIpc) is 3.29. The van der Waals surface area contributed by atoms with Gasteiger partial charge in [0.2, 0.25) is 5.91 Å². The molecule has 5 atom stereocenters. The number of rotatable bonds is 2. The highest BCUT2D eigenvalue weighted by Gasteiger charge is 2.53. The van der Waals surface area contributed by atoms with Gasteiger partial charge in [-0.3, -0.25) is 4.79 Å². The topological polar surface area (TPSA) is 64.9 Å². The van der Waals surface area contributed by atoms with E-state index in [-0.39, 0.29) is 11.9 Å². The van der Waals surface area contributed by atoms with Gasteiger partial charge >= 0.3 is 0 Å². The lowest BCUT2D eigenvalue weighted by molar-refractivity contribution is -0.114. The van der Waals surface area contributed by atoms with Crippen LogP contribution in [-0.4, -0.2) is 5.91 Å². The van der Waals surface area contributed by atoms with E-state index < -0.39 is 0 Å². The summed E-state index contributed by atoms with van der Waals surface area (Å²) in [5, 5.41) is 15.8. The quantitative estimate of drug-likeness (QED) is 0.810. The number of carbonyl (C=O) groups excluding carboxylic acids is 1. The van der Waals surface area contributed by atoms with Crippen LogP contribution >= 0.6 is 0 Å². The van der Waals surface area contributed by atoms with Crippen molar-refractivity contribution in [2.24, 2.45) is 17.8 Å². The van der Waals surface area contributed by atoms with E-state index in [2.05, 4.69) is 41.0 Å². The number of hydrogen-bond acceptors (Lipinski definition) is 3. The largest absolute Gasteiger partial charge is 0.378 e. The van der Waals surface area contributed by atoms with E-state index in [1.165, 1.54) is 36.1 Å². The minimum Gasteiger partial charge on any atom is -0.378 e. The zero-order chi connectivity index (χ0) is 18.5. The fraction of sp³-hybridized carbons (Fsp3) is 0.391. The normalized spacial score (nSPS) is 30.0. The van der Waals surface area contributed by atoms with Crippen LogP contribution in [0, 0.1) is 29.1 Å². The molecule has 0 radical (unpaired) electrons. The second-order valence-electron chi connectivity index (χ2n) is 8.28. The van der Waals surface area contributed by atoms with E-state index in [1.54, 1.807) is 6.92 Å². The third kappa shape index (κ3) is 2.61. The fourth-order valence-corrected chi connectivity index (χ4v) is 5.86. The molecule has 2 bridgehead atoms. The number of nitriles is 1. The minimum absolute atomic E-state index is 0.0290. The van der Waals surface area contributed by atoms with Gasteiger partial charge in [0.1, 0.15) is 0 Å². The predicted octanol–water partition coefficient (Wildman–Crippen LogP) is 4.81. The van der Waals surface area contributed by atoms with Crippen molar-refractivity contribution in [1.29, 1.82) is 5.26 Å². The Morgan fingerprint density at radius 2 is 1.93 bits per heavy atom. The molecule has 136 valence electrons. The smallest absolute Gasteiger partial charge is 0.221 e. The van der Waals surface area contributed by atoms with Crippen LogP contribution < -0.4 is 10.6 Å². The molecule has 4 heteroatoms. The van der Waals surface area contributed by atoms with Gasteiger partial charge in [0.15, 0.2) is 0 Å². The van der Waals surface area contributed by atoms with Crippen LogP contribution in [0.25, 0.3) is 0 Å². The Labute approximate surface area is 159 Å². The maximum atomic E-state index is 11.5. The summed E-state index contributed by atoms with van der Waals surface area (Å²) in [5.74, 6) is 2.60. The first-order chi connectivity index (χ1) is 13.1. The van der Waals surface area contributed by atoms with Crippen molar-refractivity contribution in [3.05, 3.63) is 59.2 Å². The van der Waals surface area contributed by atoms with E-state index in [4.69, 9.17) is 5.26 Å². The van der Waals surface area contributed by atoms with Crippen molar-refractivity contribution in [3.63, 3.8) is 0 Å². The van der Waals surface area contributed by atoms with Gasteiger partial charge in [0.05, 0.1) is 17.7 Å². The molecule has 1 heterocycles. The first kappa shape index (κ1) is 16.4. The molecule has 3 aliphatic rings. The van der Waals surface area contributed by atoms with Gasteiger partial charge in [-0.15, -0.1) is 0 Å². The molecule has 2 aliphatic carbocycles. The summed E-state index contributed by atoms with van der Waals surface area (Å²) in [7, 11) is 0. The number of fused-ring (bicyclic) bond motifs is 7. The van der Waals surface area contributed by atoms with E-state index in [1.807, 2.05) is 18.2 Å². The second kappa shape index (κ2) is 6.13. The highest BCUT2D eigenvalue weighted by atomic mass is 16.1. The summed E-state index contributed by atoms with van der Waals surface area (Å²) in [6.07, 6.45) is 3.95. The van der Waals surface area contributed by atoms with Gasteiger partial charge < -0.3 is 10.6 Å². The fourth-order valence-electron chi connectivity index (χ4n) is 5.86. The molecular weight excluding hydrogens is 334 g/mol. The van der Waals surface area contributed by atoms with Gasteiger partial charge in [-0.05, 0) is 84.4 Å². The SMILES string of the molecule is CC(=O)Nc1ccc2c(c1)[C@H]1[C@H]3CC[C@@H](C3)[C@@H]1[C@H](c1ccc(C#N)cc1)N2. The van der Waals surface area contributed by atoms with Crippen LogP contribution in [0.4, 0.5) is 11.4 Å². The molecule has 2 N–H and O–H groups in total. The minimum atomic E-state index is -0.0290. The molecule has 2 aromatic rings. The average molecular weight is 357 g/mol. The first-order valence-corrected chi connectivity index (χ1v) is 9.82. The van der Waals surface area contributed by atoms with E-state index >= 15 is 0 Å². The number of anilines is 2. The predicted molar refractivity (Wildman–Crippen MR) is 105 cm³/mol. The molecule has 1 amide bonds. The Kier molecular flexibility index (Phi) is 3.72. The molecule has 2 fully saturated rings. The summed E-state index contributed by atoms with van der Waals surface area (Å²) in [6.45, 7) is 1.55. The van der Waals surface area contributed by atoms with Crippen LogP contribution in [0.3, 0.4) is 0 Å².